The molecule has 0 aromatic heterocycles. The summed E-state index contributed by atoms with van der Waals surface area (Å²) in [7, 11) is 4.73. The lowest BCUT2D eigenvalue weighted by atomic mass is 9.78. The second-order valence-electron chi connectivity index (χ2n) is 5.95. The standard InChI is InChI=1S/C16H23NO5/c1-19-13-4-10(5-14(20-2)15(13)21-3)16(18)6-11-8-22-9-12(7-16)17-11/h4-5,11-12,17-18H,6-9H2,1-3H3. The lowest BCUT2D eigenvalue weighted by Gasteiger charge is -2.45. The third kappa shape index (κ3) is 2.62. The summed E-state index contributed by atoms with van der Waals surface area (Å²) in [5.41, 5.74) is -0.127. The molecule has 2 fully saturated rings. The van der Waals surface area contributed by atoms with E-state index in [1.807, 2.05) is 12.1 Å². The van der Waals surface area contributed by atoms with E-state index in [0.29, 0.717) is 43.3 Å². The summed E-state index contributed by atoms with van der Waals surface area (Å²) >= 11 is 0. The van der Waals surface area contributed by atoms with E-state index in [4.69, 9.17) is 18.9 Å². The monoisotopic (exact) mass is 309 g/mol. The van der Waals surface area contributed by atoms with Crippen LogP contribution in [-0.4, -0.2) is 51.7 Å². The molecule has 0 spiro atoms. The van der Waals surface area contributed by atoms with Crippen molar-refractivity contribution in [1.82, 2.24) is 5.32 Å². The van der Waals surface area contributed by atoms with E-state index in [9.17, 15) is 5.11 Å². The second kappa shape index (κ2) is 5.95. The van der Waals surface area contributed by atoms with Gasteiger partial charge in [-0.25, -0.2) is 0 Å². The summed E-state index contributed by atoms with van der Waals surface area (Å²) < 4.78 is 21.7. The number of aliphatic hydroxyl groups is 1. The molecule has 2 heterocycles. The molecule has 1 aromatic carbocycles. The minimum absolute atomic E-state index is 0.164. The van der Waals surface area contributed by atoms with E-state index in [1.54, 1.807) is 21.3 Å². The first-order chi connectivity index (χ1) is 10.6. The van der Waals surface area contributed by atoms with Crippen LogP contribution in [-0.2, 0) is 10.3 Å². The number of benzene rings is 1. The van der Waals surface area contributed by atoms with Gasteiger partial charge in [0.15, 0.2) is 11.5 Å². The minimum Gasteiger partial charge on any atom is -0.493 e. The third-order valence-corrected chi connectivity index (χ3v) is 4.48. The summed E-state index contributed by atoms with van der Waals surface area (Å²) in [4.78, 5) is 0. The summed E-state index contributed by atoms with van der Waals surface area (Å²) in [5, 5.41) is 14.7. The first-order valence-corrected chi connectivity index (χ1v) is 7.46. The molecule has 0 aliphatic carbocycles. The number of morpholine rings is 1. The minimum atomic E-state index is -0.919. The van der Waals surface area contributed by atoms with Crippen LogP contribution in [0.15, 0.2) is 12.1 Å². The largest absolute Gasteiger partial charge is 0.493 e. The molecule has 2 unspecified atom stereocenters. The van der Waals surface area contributed by atoms with Gasteiger partial charge in [-0.05, 0) is 30.5 Å². The molecule has 1 aromatic rings. The van der Waals surface area contributed by atoms with Gasteiger partial charge in [0.1, 0.15) is 0 Å². The summed E-state index contributed by atoms with van der Waals surface area (Å²) in [6.07, 6.45) is 1.20. The molecule has 22 heavy (non-hydrogen) atoms. The van der Waals surface area contributed by atoms with Gasteiger partial charge in [0.05, 0.1) is 40.1 Å². The highest BCUT2D eigenvalue weighted by Crippen LogP contribution is 2.44. The number of piperidine rings is 1. The van der Waals surface area contributed by atoms with Crippen LogP contribution >= 0.6 is 0 Å². The van der Waals surface area contributed by atoms with Crippen LogP contribution < -0.4 is 19.5 Å². The SMILES string of the molecule is COc1cc(C2(O)CC3COCC(C2)N3)cc(OC)c1OC. The van der Waals surface area contributed by atoms with Crippen molar-refractivity contribution in [3.05, 3.63) is 17.7 Å². The van der Waals surface area contributed by atoms with Crippen LogP contribution in [0.25, 0.3) is 0 Å². The van der Waals surface area contributed by atoms with Gasteiger partial charge in [0, 0.05) is 12.1 Å². The predicted octanol–water partition coefficient (Wildman–Crippen LogP) is 1.05. The van der Waals surface area contributed by atoms with E-state index in [0.717, 1.165) is 5.56 Å². The zero-order chi connectivity index (χ0) is 15.7. The van der Waals surface area contributed by atoms with E-state index < -0.39 is 5.60 Å². The van der Waals surface area contributed by atoms with Crippen LogP contribution in [0.2, 0.25) is 0 Å². The Labute approximate surface area is 130 Å². The molecule has 6 heteroatoms. The van der Waals surface area contributed by atoms with Crippen molar-refractivity contribution in [1.29, 1.82) is 0 Å². The molecule has 2 aliphatic heterocycles. The smallest absolute Gasteiger partial charge is 0.203 e. The molecule has 0 amide bonds. The molecule has 2 N–H and O–H groups in total. The second-order valence-corrected chi connectivity index (χ2v) is 5.95. The zero-order valence-electron chi connectivity index (χ0n) is 13.2. The van der Waals surface area contributed by atoms with Crippen LogP contribution in [0.3, 0.4) is 0 Å². The fourth-order valence-electron chi connectivity index (χ4n) is 3.50. The first-order valence-electron chi connectivity index (χ1n) is 7.46. The molecule has 2 saturated heterocycles. The van der Waals surface area contributed by atoms with Crippen molar-refractivity contribution < 1.29 is 24.1 Å². The van der Waals surface area contributed by atoms with Crippen molar-refractivity contribution in [2.75, 3.05) is 34.5 Å². The van der Waals surface area contributed by atoms with Gasteiger partial charge in [-0.3, -0.25) is 0 Å². The molecule has 0 radical (unpaired) electrons. The van der Waals surface area contributed by atoms with Gasteiger partial charge >= 0.3 is 0 Å². The lowest BCUT2D eigenvalue weighted by Crippen LogP contribution is -2.58. The number of ether oxygens (including phenoxy) is 4. The topological polar surface area (TPSA) is 69.2 Å². The maximum Gasteiger partial charge on any atom is 0.203 e. The summed E-state index contributed by atoms with van der Waals surface area (Å²) in [6.45, 7) is 1.26. The predicted molar refractivity (Wildman–Crippen MR) is 80.8 cm³/mol. The zero-order valence-corrected chi connectivity index (χ0v) is 13.2. The van der Waals surface area contributed by atoms with Crippen LogP contribution in [0.1, 0.15) is 18.4 Å². The first kappa shape index (κ1) is 15.4. The molecule has 6 nitrogen and oxygen atoms in total. The maximum absolute atomic E-state index is 11.2. The number of fused-ring (bicyclic) bond motifs is 2. The molecule has 2 bridgehead atoms. The third-order valence-electron chi connectivity index (χ3n) is 4.48. The quantitative estimate of drug-likeness (QED) is 0.866. The van der Waals surface area contributed by atoms with E-state index in [-0.39, 0.29) is 12.1 Å². The maximum atomic E-state index is 11.2. The van der Waals surface area contributed by atoms with Crippen molar-refractivity contribution in [2.45, 2.75) is 30.5 Å². The fraction of sp³-hybridized carbons (Fsp3) is 0.625. The van der Waals surface area contributed by atoms with Crippen molar-refractivity contribution in [3.63, 3.8) is 0 Å². The Morgan fingerprint density at radius 3 is 2.05 bits per heavy atom. The van der Waals surface area contributed by atoms with Crippen molar-refractivity contribution in [3.8, 4) is 17.2 Å². The summed E-state index contributed by atoms with van der Waals surface area (Å²) in [5.74, 6) is 1.66. The number of hydrogen-bond donors (Lipinski definition) is 2. The van der Waals surface area contributed by atoms with E-state index in [1.165, 1.54) is 0 Å². The molecule has 122 valence electrons. The molecular formula is C16H23NO5. The fourth-order valence-corrected chi connectivity index (χ4v) is 3.50. The lowest BCUT2D eigenvalue weighted by molar-refractivity contribution is -0.0803. The number of hydrogen-bond acceptors (Lipinski definition) is 6. The van der Waals surface area contributed by atoms with Crippen molar-refractivity contribution in [2.24, 2.45) is 0 Å². The number of rotatable bonds is 4. The average molecular weight is 309 g/mol. The van der Waals surface area contributed by atoms with Gasteiger partial charge < -0.3 is 29.4 Å². The Morgan fingerprint density at radius 1 is 1.05 bits per heavy atom. The average Bonchev–Trinajstić information content (AvgIpc) is 2.52. The number of methoxy groups -OCH3 is 3. The van der Waals surface area contributed by atoms with Gasteiger partial charge in [0.2, 0.25) is 5.75 Å². The normalized spacial score (nSPS) is 30.7. The van der Waals surface area contributed by atoms with Gasteiger partial charge in [-0.1, -0.05) is 0 Å². The number of nitrogens with one attached hydrogen (secondary N) is 1. The van der Waals surface area contributed by atoms with Crippen LogP contribution in [0, 0.1) is 0 Å². The molecule has 0 saturated carbocycles. The highest BCUT2D eigenvalue weighted by molar-refractivity contribution is 5.55. The van der Waals surface area contributed by atoms with Gasteiger partial charge in [0.25, 0.3) is 0 Å². The Morgan fingerprint density at radius 2 is 1.59 bits per heavy atom. The molecule has 2 atom stereocenters. The van der Waals surface area contributed by atoms with Gasteiger partial charge in [-0.2, -0.15) is 0 Å². The van der Waals surface area contributed by atoms with Crippen LogP contribution in [0.4, 0.5) is 0 Å². The molecular weight excluding hydrogens is 286 g/mol. The highest BCUT2D eigenvalue weighted by atomic mass is 16.5. The Hall–Kier alpha value is -1.50. The van der Waals surface area contributed by atoms with Crippen LogP contribution in [0.5, 0.6) is 17.2 Å². The van der Waals surface area contributed by atoms with Gasteiger partial charge in [-0.15, -0.1) is 0 Å². The summed E-state index contributed by atoms with van der Waals surface area (Å²) in [6, 6.07) is 4.00. The molecule has 2 aliphatic rings. The highest BCUT2D eigenvalue weighted by Gasteiger charge is 2.43. The Bertz CT molecular complexity index is 510. The Kier molecular flexibility index (Phi) is 4.16. The molecule has 3 rings (SSSR count). The van der Waals surface area contributed by atoms with Crippen molar-refractivity contribution >= 4 is 0 Å². The Balaban J connectivity index is 1.99. The van der Waals surface area contributed by atoms with E-state index >= 15 is 0 Å². The van der Waals surface area contributed by atoms with E-state index in [2.05, 4.69) is 5.32 Å².